The second-order valence-electron chi connectivity index (χ2n) is 7.68. The second-order valence-corrected chi connectivity index (χ2v) is 10.3. The van der Waals surface area contributed by atoms with Crippen molar-refractivity contribution in [1.29, 1.82) is 0 Å². The lowest BCUT2D eigenvalue weighted by Crippen LogP contribution is -2.33. The van der Waals surface area contributed by atoms with Gasteiger partial charge in [0.2, 0.25) is 5.91 Å². The van der Waals surface area contributed by atoms with Crippen LogP contribution in [0.25, 0.3) is 20.8 Å². The summed E-state index contributed by atoms with van der Waals surface area (Å²) in [6.45, 7) is 2.76. The number of carbonyl (C=O) groups is 2. The molecule has 2 aromatic carbocycles. The van der Waals surface area contributed by atoms with Gasteiger partial charge in [-0.1, -0.05) is 23.7 Å². The van der Waals surface area contributed by atoms with Crippen LogP contribution in [0.4, 0.5) is 5.00 Å². The molecule has 0 atom stereocenters. The summed E-state index contributed by atoms with van der Waals surface area (Å²) in [7, 11) is 1.52. The number of rotatable bonds is 4. The summed E-state index contributed by atoms with van der Waals surface area (Å²) in [6, 6.07) is 12.9. The number of ether oxygens (including phenoxy) is 1. The Labute approximate surface area is 203 Å². The summed E-state index contributed by atoms with van der Waals surface area (Å²) in [5, 5.41) is 5.11. The number of para-hydroxylation sites is 1. The van der Waals surface area contributed by atoms with Crippen LogP contribution in [0.15, 0.2) is 42.5 Å². The average molecular weight is 498 g/mol. The normalized spacial score (nSPS) is 13.1. The van der Waals surface area contributed by atoms with Crippen LogP contribution in [0, 0.1) is 0 Å². The van der Waals surface area contributed by atoms with Crippen molar-refractivity contribution in [2.24, 2.45) is 0 Å². The minimum absolute atomic E-state index is 0.0461. The van der Waals surface area contributed by atoms with Gasteiger partial charge in [-0.3, -0.25) is 9.59 Å². The first kappa shape index (κ1) is 21.9. The highest BCUT2D eigenvalue weighted by molar-refractivity contribution is 7.23. The fourth-order valence-corrected chi connectivity index (χ4v) is 6.53. The SMILES string of the molecule is COc1ccc(Cl)cc1C(=O)Nc1sc2c(c1-c1nc3ccccc3s1)CCN(C(C)=O)C2. The van der Waals surface area contributed by atoms with Gasteiger partial charge in [0.15, 0.2) is 0 Å². The van der Waals surface area contributed by atoms with Gasteiger partial charge < -0.3 is 15.0 Å². The molecule has 2 amide bonds. The van der Waals surface area contributed by atoms with Gasteiger partial charge >= 0.3 is 0 Å². The Morgan fingerprint density at radius 3 is 2.76 bits per heavy atom. The van der Waals surface area contributed by atoms with E-state index in [1.807, 2.05) is 29.2 Å². The van der Waals surface area contributed by atoms with Crippen LogP contribution in [-0.2, 0) is 17.8 Å². The summed E-state index contributed by atoms with van der Waals surface area (Å²) in [6.07, 6.45) is 0.715. The van der Waals surface area contributed by atoms with Gasteiger partial charge in [0.05, 0.1) is 29.4 Å². The van der Waals surface area contributed by atoms with Crippen molar-refractivity contribution in [3.63, 3.8) is 0 Å². The van der Waals surface area contributed by atoms with E-state index in [1.165, 1.54) is 18.4 Å². The Morgan fingerprint density at radius 2 is 2.00 bits per heavy atom. The van der Waals surface area contributed by atoms with E-state index in [0.717, 1.165) is 36.2 Å². The summed E-state index contributed by atoms with van der Waals surface area (Å²) in [5.41, 5.74) is 3.36. The zero-order chi connectivity index (χ0) is 23.1. The molecular weight excluding hydrogens is 478 g/mol. The Kier molecular flexibility index (Phi) is 5.82. The Hall–Kier alpha value is -2.94. The van der Waals surface area contributed by atoms with Crippen molar-refractivity contribution in [2.45, 2.75) is 19.9 Å². The van der Waals surface area contributed by atoms with E-state index in [1.54, 1.807) is 36.5 Å². The number of fused-ring (bicyclic) bond motifs is 2. The van der Waals surface area contributed by atoms with E-state index in [-0.39, 0.29) is 11.8 Å². The maximum absolute atomic E-state index is 13.3. The third-order valence-electron chi connectivity index (χ3n) is 5.64. The number of hydrogen-bond donors (Lipinski definition) is 1. The van der Waals surface area contributed by atoms with Crippen molar-refractivity contribution in [3.05, 3.63) is 63.5 Å². The number of methoxy groups -OCH3 is 1. The number of thiophene rings is 1. The number of anilines is 1. The number of carbonyl (C=O) groups excluding carboxylic acids is 2. The maximum Gasteiger partial charge on any atom is 0.260 e. The largest absolute Gasteiger partial charge is 0.496 e. The molecule has 0 saturated carbocycles. The average Bonchev–Trinajstić information content (AvgIpc) is 3.38. The summed E-state index contributed by atoms with van der Waals surface area (Å²) >= 11 is 9.24. The summed E-state index contributed by atoms with van der Waals surface area (Å²) < 4.78 is 6.45. The van der Waals surface area contributed by atoms with Crippen LogP contribution in [0.1, 0.15) is 27.7 Å². The number of nitrogens with zero attached hydrogens (tertiary/aromatic N) is 2. The van der Waals surface area contributed by atoms with Crippen molar-refractivity contribution >= 4 is 61.3 Å². The quantitative estimate of drug-likeness (QED) is 0.384. The molecular formula is C24H20ClN3O3S2. The lowest BCUT2D eigenvalue weighted by atomic mass is 10.0. The second kappa shape index (κ2) is 8.78. The molecule has 2 aromatic heterocycles. The highest BCUT2D eigenvalue weighted by atomic mass is 35.5. The number of thiazole rings is 1. The molecule has 0 spiro atoms. The first-order valence-corrected chi connectivity index (χ1v) is 12.4. The van der Waals surface area contributed by atoms with Crippen LogP contribution in [0.5, 0.6) is 5.75 Å². The van der Waals surface area contributed by atoms with E-state index in [4.69, 9.17) is 21.3 Å². The first-order chi connectivity index (χ1) is 15.9. The molecule has 1 N–H and O–H groups in total. The molecule has 9 heteroatoms. The first-order valence-electron chi connectivity index (χ1n) is 10.4. The van der Waals surface area contributed by atoms with Gasteiger partial charge in [-0.15, -0.1) is 22.7 Å². The molecule has 3 heterocycles. The van der Waals surface area contributed by atoms with Crippen LogP contribution < -0.4 is 10.1 Å². The number of benzene rings is 2. The lowest BCUT2D eigenvalue weighted by Gasteiger charge is -2.26. The predicted molar refractivity (Wildman–Crippen MR) is 134 cm³/mol. The predicted octanol–water partition coefficient (Wildman–Crippen LogP) is 5.84. The van der Waals surface area contributed by atoms with Gasteiger partial charge in [-0.05, 0) is 42.3 Å². The monoisotopic (exact) mass is 497 g/mol. The topological polar surface area (TPSA) is 71.5 Å². The van der Waals surface area contributed by atoms with E-state index < -0.39 is 0 Å². The van der Waals surface area contributed by atoms with E-state index in [2.05, 4.69) is 5.32 Å². The number of aromatic nitrogens is 1. The highest BCUT2D eigenvalue weighted by Crippen LogP contribution is 2.46. The van der Waals surface area contributed by atoms with Gasteiger partial charge in [0.25, 0.3) is 5.91 Å². The molecule has 168 valence electrons. The number of amides is 2. The van der Waals surface area contributed by atoms with Crippen LogP contribution in [0.2, 0.25) is 5.02 Å². The summed E-state index contributed by atoms with van der Waals surface area (Å²) in [5.74, 6) is 0.186. The molecule has 0 aliphatic carbocycles. The fourth-order valence-electron chi connectivity index (χ4n) is 3.99. The molecule has 0 fully saturated rings. The molecule has 1 aliphatic rings. The molecule has 0 unspecified atom stereocenters. The van der Waals surface area contributed by atoms with E-state index in [0.29, 0.717) is 35.8 Å². The number of nitrogens with one attached hydrogen (secondary N) is 1. The number of hydrogen-bond acceptors (Lipinski definition) is 6. The zero-order valence-corrected chi connectivity index (χ0v) is 20.4. The van der Waals surface area contributed by atoms with E-state index in [9.17, 15) is 9.59 Å². The number of halogens is 1. The summed E-state index contributed by atoms with van der Waals surface area (Å²) in [4.78, 5) is 33.0. The van der Waals surface area contributed by atoms with Crippen LogP contribution in [0.3, 0.4) is 0 Å². The molecule has 5 rings (SSSR count). The molecule has 0 radical (unpaired) electrons. The van der Waals surface area contributed by atoms with Crippen molar-refractivity contribution in [1.82, 2.24) is 9.88 Å². The zero-order valence-electron chi connectivity index (χ0n) is 18.0. The molecule has 4 aromatic rings. The third kappa shape index (κ3) is 4.10. The standard InChI is InChI=1S/C24H20ClN3O3S2/c1-13(29)28-10-9-15-20(12-28)33-24(21(15)23-26-17-5-3-4-6-19(17)32-23)27-22(30)16-11-14(25)7-8-18(16)31-2/h3-8,11H,9-10,12H2,1-2H3,(H,27,30). The smallest absolute Gasteiger partial charge is 0.260 e. The van der Waals surface area contributed by atoms with Crippen LogP contribution >= 0.6 is 34.3 Å². The molecule has 0 saturated heterocycles. The lowest BCUT2D eigenvalue weighted by molar-refractivity contribution is -0.129. The minimum Gasteiger partial charge on any atom is -0.496 e. The molecule has 1 aliphatic heterocycles. The minimum atomic E-state index is -0.307. The molecule has 6 nitrogen and oxygen atoms in total. The Morgan fingerprint density at radius 1 is 1.18 bits per heavy atom. The van der Waals surface area contributed by atoms with Crippen molar-refractivity contribution in [2.75, 3.05) is 19.0 Å². The fraction of sp³-hybridized carbons (Fsp3) is 0.208. The van der Waals surface area contributed by atoms with Crippen LogP contribution in [-0.4, -0.2) is 35.4 Å². The van der Waals surface area contributed by atoms with E-state index >= 15 is 0 Å². The Balaban J connectivity index is 1.60. The molecule has 0 bridgehead atoms. The van der Waals surface area contributed by atoms with Crippen molar-refractivity contribution in [3.8, 4) is 16.3 Å². The molecule has 33 heavy (non-hydrogen) atoms. The maximum atomic E-state index is 13.3. The van der Waals surface area contributed by atoms with Gasteiger partial charge in [0, 0.05) is 28.9 Å². The Bertz CT molecular complexity index is 1360. The van der Waals surface area contributed by atoms with Crippen molar-refractivity contribution < 1.29 is 14.3 Å². The van der Waals surface area contributed by atoms with Gasteiger partial charge in [0.1, 0.15) is 15.8 Å². The van der Waals surface area contributed by atoms with Gasteiger partial charge in [-0.2, -0.15) is 0 Å². The third-order valence-corrected chi connectivity index (χ3v) is 8.06. The highest BCUT2D eigenvalue weighted by Gasteiger charge is 2.29. The van der Waals surface area contributed by atoms with Gasteiger partial charge in [-0.25, -0.2) is 4.98 Å².